The number of hydrogen-bond donors (Lipinski definition) is 2. The van der Waals surface area contributed by atoms with Gasteiger partial charge in [0.1, 0.15) is 0 Å². The summed E-state index contributed by atoms with van der Waals surface area (Å²) in [5.74, 6) is 1.53. The molecule has 2 N–H and O–H groups in total. The first-order chi connectivity index (χ1) is 10.7. The van der Waals surface area contributed by atoms with Crippen LogP contribution in [-0.2, 0) is 4.74 Å². The van der Waals surface area contributed by atoms with Crippen molar-refractivity contribution in [3.05, 3.63) is 0 Å². The van der Waals surface area contributed by atoms with Crippen molar-refractivity contribution in [3.8, 4) is 0 Å². The third-order valence-corrected chi connectivity index (χ3v) is 4.70. The van der Waals surface area contributed by atoms with E-state index in [9.17, 15) is 0 Å². The molecule has 1 heterocycles. The van der Waals surface area contributed by atoms with Crippen LogP contribution in [0.15, 0.2) is 4.99 Å². The van der Waals surface area contributed by atoms with Crippen molar-refractivity contribution >= 4 is 29.9 Å². The molecule has 3 unspecified atom stereocenters. The summed E-state index contributed by atoms with van der Waals surface area (Å²) >= 11 is 0. The monoisotopic (exact) mass is 454 g/mol. The minimum absolute atomic E-state index is 0. The molecule has 0 spiro atoms. The maximum absolute atomic E-state index is 5.61. The van der Waals surface area contributed by atoms with Crippen molar-refractivity contribution in [2.75, 3.05) is 33.3 Å². The molecule has 0 bridgehead atoms. The molecule has 24 heavy (non-hydrogen) atoms. The molecule has 1 aliphatic heterocycles. The number of hydrogen-bond acceptors (Lipinski definition) is 3. The first-order valence-electron chi connectivity index (χ1n) is 9.00. The molecule has 0 radical (unpaired) electrons. The van der Waals surface area contributed by atoms with E-state index in [0.29, 0.717) is 24.5 Å². The summed E-state index contributed by atoms with van der Waals surface area (Å²) in [7, 11) is 1.77. The Balaban J connectivity index is 0.00000529. The highest BCUT2D eigenvalue weighted by molar-refractivity contribution is 14.0. The molecule has 6 heteroatoms. The van der Waals surface area contributed by atoms with Gasteiger partial charge in [-0.25, -0.2) is 0 Å². The van der Waals surface area contributed by atoms with Crippen LogP contribution in [0.5, 0.6) is 0 Å². The average Bonchev–Trinajstić information content (AvgIpc) is 2.79. The van der Waals surface area contributed by atoms with Crippen LogP contribution in [-0.4, -0.2) is 62.3 Å². The van der Waals surface area contributed by atoms with Gasteiger partial charge in [-0.2, -0.15) is 0 Å². The van der Waals surface area contributed by atoms with E-state index in [1.165, 1.54) is 0 Å². The minimum atomic E-state index is 0. The van der Waals surface area contributed by atoms with Gasteiger partial charge in [-0.1, -0.05) is 27.7 Å². The predicted molar refractivity (Wildman–Crippen MR) is 114 cm³/mol. The highest BCUT2D eigenvalue weighted by atomic mass is 127. The van der Waals surface area contributed by atoms with E-state index in [2.05, 4.69) is 64.0 Å². The molecular formula is C18H39IN4O. The molecule has 0 aromatic rings. The summed E-state index contributed by atoms with van der Waals surface area (Å²) in [5, 5.41) is 6.99. The molecule has 1 fully saturated rings. The van der Waals surface area contributed by atoms with Gasteiger partial charge in [0.2, 0.25) is 0 Å². The Bertz CT molecular complexity index is 382. The number of likely N-dealkylation sites (tertiary alicyclic amines) is 1. The number of methoxy groups -OCH3 is 1. The molecule has 0 aliphatic carbocycles. The molecule has 0 aromatic heterocycles. The molecule has 0 saturated carbocycles. The number of rotatable bonds is 6. The quantitative estimate of drug-likeness (QED) is 0.368. The van der Waals surface area contributed by atoms with Gasteiger partial charge in [-0.15, -0.1) is 24.0 Å². The molecule has 0 aromatic carbocycles. The van der Waals surface area contributed by atoms with E-state index in [1.807, 2.05) is 0 Å². The number of nitrogens with zero attached hydrogens (tertiary/aromatic N) is 2. The van der Waals surface area contributed by atoms with Gasteiger partial charge < -0.3 is 15.4 Å². The van der Waals surface area contributed by atoms with Crippen molar-refractivity contribution in [1.29, 1.82) is 0 Å². The second kappa shape index (κ2) is 10.8. The zero-order valence-corrected chi connectivity index (χ0v) is 19.2. The highest BCUT2D eigenvalue weighted by Crippen LogP contribution is 2.22. The summed E-state index contributed by atoms with van der Waals surface area (Å²) in [5.41, 5.74) is 0.0880. The Morgan fingerprint density at radius 2 is 1.92 bits per heavy atom. The first kappa shape index (κ1) is 23.9. The summed E-state index contributed by atoms with van der Waals surface area (Å²) in [6, 6.07) is 1.05. The van der Waals surface area contributed by atoms with E-state index in [0.717, 1.165) is 25.6 Å². The number of ether oxygens (including phenoxy) is 1. The lowest BCUT2D eigenvalue weighted by molar-refractivity contribution is 0.0241. The second-order valence-corrected chi connectivity index (χ2v) is 8.09. The molecule has 5 nitrogen and oxygen atoms in total. The molecule has 0 amide bonds. The normalized spacial score (nSPS) is 24.0. The van der Waals surface area contributed by atoms with Gasteiger partial charge in [-0.05, 0) is 32.1 Å². The SMILES string of the molecule is CCNC(=NCC(OC)C(C)(C)C)NC1CN(C(C)C)CC1C.I. The smallest absolute Gasteiger partial charge is 0.191 e. The van der Waals surface area contributed by atoms with Crippen LogP contribution in [0.25, 0.3) is 0 Å². The number of aliphatic imine (C=N–C) groups is 1. The fraction of sp³-hybridized carbons (Fsp3) is 0.944. The van der Waals surface area contributed by atoms with Crippen molar-refractivity contribution < 1.29 is 4.74 Å². The van der Waals surface area contributed by atoms with Crippen molar-refractivity contribution in [2.24, 2.45) is 16.3 Å². The van der Waals surface area contributed by atoms with Gasteiger partial charge in [0.15, 0.2) is 5.96 Å². The van der Waals surface area contributed by atoms with Crippen molar-refractivity contribution in [3.63, 3.8) is 0 Å². The Hall–Kier alpha value is -0.0800. The molecule has 1 saturated heterocycles. The fourth-order valence-electron chi connectivity index (χ4n) is 2.99. The number of guanidine groups is 1. The van der Waals surface area contributed by atoms with E-state index in [4.69, 9.17) is 9.73 Å². The third-order valence-electron chi connectivity index (χ3n) is 4.70. The van der Waals surface area contributed by atoms with Crippen molar-refractivity contribution in [2.45, 2.75) is 66.7 Å². The molecule has 1 rings (SSSR count). The van der Waals surface area contributed by atoms with E-state index in [-0.39, 0.29) is 35.5 Å². The lowest BCUT2D eigenvalue weighted by atomic mass is 9.89. The van der Waals surface area contributed by atoms with Crippen LogP contribution in [0.3, 0.4) is 0 Å². The Morgan fingerprint density at radius 3 is 2.33 bits per heavy atom. The maximum Gasteiger partial charge on any atom is 0.191 e. The zero-order valence-electron chi connectivity index (χ0n) is 16.8. The third kappa shape index (κ3) is 7.44. The Labute approximate surface area is 166 Å². The lowest BCUT2D eigenvalue weighted by Gasteiger charge is -2.28. The number of nitrogens with one attached hydrogen (secondary N) is 2. The standard InChI is InChI=1S/C18H38N4O.HI/c1-9-19-17(20-10-16(23-8)18(5,6)7)21-15-12-22(13(2)3)11-14(15)4;/h13-16H,9-12H2,1-8H3,(H2,19,20,21);1H. The largest absolute Gasteiger partial charge is 0.379 e. The fourth-order valence-corrected chi connectivity index (χ4v) is 2.99. The average molecular weight is 454 g/mol. The lowest BCUT2D eigenvalue weighted by Crippen LogP contribution is -2.47. The van der Waals surface area contributed by atoms with Crippen LogP contribution < -0.4 is 10.6 Å². The van der Waals surface area contributed by atoms with E-state index >= 15 is 0 Å². The minimum Gasteiger partial charge on any atom is -0.379 e. The molecular weight excluding hydrogens is 415 g/mol. The highest BCUT2D eigenvalue weighted by Gasteiger charge is 2.31. The van der Waals surface area contributed by atoms with Gasteiger partial charge in [0.25, 0.3) is 0 Å². The van der Waals surface area contributed by atoms with Gasteiger partial charge in [-0.3, -0.25) is 9.89 Å². The Kier molecular flexibility index (Phi) is 10.8. The van der Waals surface area contributed by atoms with Gasteiger partial charge >= 0.3 is 0 Å². The summed E-state index contributed by atoms with van der Waals surface area (Å²) in [6.07, 6.45) is 0.117. The van der Waals surface area contributed by atoms with E-state index in [1.54, 1.807) is 7.11 Å². The Morgan fingerprint density at radius 1 is 1.29 bits per heavy atom. The predicted octanol–water partition coefficient (Wildman–Crippen LogP) is 2.95. The van der Waals surface area contributed by atoms with Crippen LogP contribution >= 0.6 is 24.0 Å². The summed E-state index contributed by atoms with van der Waals surface area (Å²) in [4.78, 5) is 7.30. The number of halogens is 1. The second-order valence-electron chi connectivity index (χ2n) is 8.09. The zero-order chi connectivity index (χ0) is 17.6. The molecule has 144 valence electrons. The summed E-state index contributed by atoms with van der Waals surface area (Å²) < 4.78 is 5.61. The van der Waals surface area contributed by atoms with Gasteiger partial charge in [0.05, 0.1) is 12.6 Å². The van der Waals surface area contributed by atoms with Crippen LogP contribution in [0.1, 0.15) is 48.5 Å². The first-order valence-corrected chi connectivity index (χ1v) is 9.00. The topological polar surface area (TPSA) is 48.9 Å². The van der Waals surface area contributed by atoms with Crippen molar-refractivity contribution in [1.82, 2.24) is 15.5 Å². The summed E-state index contributed by atoms with van der Waals surface area (Å²) in [6.45, 7) is 19.3. The van der Waals surface area contributed by atoms with Crippen LogP contribution in [0, 0.1) is 11.3 Å². The maximum atomic E-state index is 5.61. The van der Waals surface area contributed by atoms with Crippen LogP contribution in [0.2, 0.25) is 0 Å². The molecule has 3 atom stereocenters. The molecule has 1 aliphatic rings. The van der Waals surface area contributed by atoms with E-state index < -0.39 is 0 Å². The van der Waals surface area contributed by atoms with Gasteiger partial charge in [0, 0.05) is 38.8 Å². The van der Waals surface area contributed by atoms with Crippen LogP contribution in [0.4, 0.5) is 0 Å².